The fourth-order valence-corrected chi connectivity index (χ4v) is 4.45. The molecule has 0 saturated heterocycles. The fraction of sp³-hybridized carbons (Fsp3) is 0.0833. The summed E-state index contributed by atoms with van der Waals surface area (Å²) in [5.74, 6) is -0.0282. The van der Waals surface area contributed by atoms with Crippen molar-refractivity contribution >= 4 is 38.9 Å². The van der Waals surface area contributed by atoms with E-state index in [4.69, 9.17) is 16.0 Å². The molecule has 0 aliphatic heterocycles. The maximum Gasteiger partial charge on any atom is 0.261 e. The van der Waals surface area contributed by atoms with Crippen LogP contribution < -0.4 is 10.0 Å². The van der Waals surface area contributed by atoms with Gasteiger partial charge in [0.15, 0.2) is 11.7 Å². The highest BCUT2D eigenvalue weighted by Gasteiger charge is 2.17. The van der Waals surface area contributed by atoms with Gasteiger partial charge in [-0.2, -0.15) is 0 Å². The largest absolute Gasteiger partial charge is 0.441 e. The second kappa shape index (κ2) is 10.1. The van der Waals surface area contributed by atoms with Gasteiger partial charge in [-0.05, 0) is 48.5 Å². The Morgan fingerprint density at radius 3 is 2.38 bits per heavy atom. The van der Waals surface area contributed by atoms with Crippen LogP contribution in [-0.2, 0) is 21.2 Å². The van der Waals surface area contributed by atoms with Crippen LogP contribution >= 0.6 is 11.6 Å². The topological polar surface area (TPSA) is 101 Å². The first-order valence-electron chi connectivity index (χ1n) is 10.2. The molecular formula is C24H19ClFN3O4S. The highest BCUT2D eigenvalue weighted by Crippen LogP contribution is 2.28. The number of carbonyl (C=O) groups is 1. The van der Waals surface area contributed by atoms with Crippen LogP contribution in [0.25, 0.3) is 11.3 Å². The molecule has 0 bridgehead atoms. The minimum absolute atomic E-state index is 0.0571. The summed E-state index contributed by atoms with van der Waals surface area (Å²) in [4.78, 5) is 16.6. The van der Waals surface area contributed by atoms with E-state index in [0.717, 1.165) is 24.3 Å². The number of halogens is 2. The lowest BCUT2D eigenvalue weighted by molar-refractivity contribution is -0.116. The molecule has 0 radical (unpaired) electrons. The van der Waals surface area contributed by atoms with Crippen LogP contribution in [0, 0.1) is 5.82 Å². The summed E-state index contributed by atoms with van der Waals surface area (Å²) in [7, 11) is -3.97. The van der Waals surface area contributed by atoms with Gasteiger partial charge < -0.3 is 9.73 Å². The maximum absolute atomic E-state index is 13.1. The lowest BCUT2D eigenvalue weighted by Crippen LogP contribution is -2.17. The summed E-state index contributed by atoms with van der Waals surface area (Å²) in [6.45, 7) is 0. The molecule has 1 heterocycles. The van der Waals surface area contributed by atoms with Gasteiger partial charge in [0, 0.05) is 18.4 Å². The summed E-state index contributed by atoms with van der Waals surface area (Å²) in [6, 6.07) is 18.0. The number of hydrogen-bond acceptors (Lipinski definition) is 5. The molecule has 1 aromatic heterocycles. The zero-order chi connectivity index (χ0) is 24.1. The Labute approximate surface area is 200 Å². The first-order chi connectivity index (χ1) is 16.3. The number of nitrogens with one attached hydrogen (secondary N) is 2. The standard InChI is InChI=1S/C24H19ClFN3O4S/c25-19-6-2-1-5-18(19)22-15-27-24(33-22)14-13-23(30)28-20-7-3-4-8-21(20)29-34(31,32)17-11-9-16(26)10-12-17/h1-12,15,29H,13-14H2,(H,28,30). The first kappa shape index (κ1) is 23.5. The van der Waals surface area contributed by atoms with Crippen LogP contribution in [0.4, 0.5) is 15.8 Å². The van der Waals surface area contributed by atoms with E-state index in [-0.39, 0.29) is 35.0 Å². The molecule has 34 heavy (non-hydrogen) atoms. The molecule has 0 saturated carbocycles. The highest BCUT2D eigenvalue weighted by atomic mass is 35.5. The number of oxazole rings is 1. The van der Waals surface area contributed by atoms with Gasteiger partial charge in [-0.1, -0.05) is 35.9 Å². The third-order valence-electron chi connectivity index (χ3n) is 4.83. The smallest absolute Gasteiger partial charge is 0.261 e. The number of carbonyl (C=O) groups excluding carboxylic acids is 1. The van der Waals surface area contributed by atoms with Crippen LogP contribution in [0.5, 0.6) is 0 Å². The Hall–Kier alpha value is -3.69. The van der Waals surface area contributed by atoms with Gasteiger partial charge in [-0.3, -0.25) is 9.52 Å². The van der Waals surface area contributed by atoms with Gasteiger partial charge in [0.1, 0.15) is 5.82 Å². The lowest BCUT2D eigenvalue weighted by atomic mass is 10.2. The number of sulfonamides is 1. The van der Waals surface area contributed by atoms with Crippen LogP contribution in [0.3, 0.4) is 0 Å². The van der Waals surface area contributed by atoms with Gasteiger partial charge in [0.05, 0.1) is 27.5 Å². The molecule has 2 N–H and O–H groups in total. The third-order valence-corrected chi connectivity index (χ3v) is 6.54. The van der Waals surface area contributed by atoms with Gasteiger partial charge in [0.25, 0.3) is 10.0 Å². The molecule has 0 aliphatic carbocycles. The molecule has 4 rings (SSSR count). The summed E-state index contributed by atoms with van der Waals surface area (Å²) < 4.78 is 46.5. The van der Waals surface area contributed by atoms with Crippen molar-refractivity contribution in [3.05, 3.63) is 95.7 Å². The fourth-order valence-electron chi connectivity index (χ4n) is 3.14. The van der Waals surface area contributed by atoms with Gasteiger partial charge in [-0.25, -0.2) is 17.8 Å². The van der Waals surface area contributed by atoms with E-state index in [1.807, 2.05) is 18.2 Å². The van der Waals surface area contributed by atoms with Crippen molar-refractivity contribution in [3.8, 4) is 11.3 Å². The average Bonchev–Trinajstić information content (AvgIpc) is 3.28. The number of aromatic nitrogens is 1. The third kappa shape index (κ3) is 5.62. The van der Waals surface area contributed by atoms with Crippen molar-refractivity contribution in [3.63, 3.8) is 0 Å². The molecule has 0 aliphatic rings. The number of nitrogens with zero attached hydrogens (tertiary/aromatic N) is 1. The number of rotatable bonds is 8. The van der Waals surface area contributed by atoms with E-state index in [1.54, 1.807) is 30.5 Å². The molecule has 4 aromatic rings. The minimum Gasteiger partial charge on any atom is -0.441 e. The molecule has 3 aromatic carbocycles. The Kier molecular flexibility index (Phi) is 6.95. The van der Waals surface area contributed by atoms with Crippen molar-refractivity contribution in [1.82, 2.24) is 4.98 Å². The Bertz CT molecular complexity index is 1420. The van der Waals surface area contributed by atoms with Crippen molar-refractivity contribution in [2.24, 2.45) is 0 Å². The number of hydrogen-bond donors (Lipinski definition) is 2. The van der Waals surface area contributed by atoms with E-state index in [0.29, 0.717) is 22.2 Å². The van der Waals surface area contributed by atoms with Gasteiger partial charge >= 0.3 is 0 Å². The van der Waals surface area contributed by atoms with E-state index in [2.05, 4.69) is 15.0 Å². The summed E-state index contributed by atoms with van der Waals surface area (Å²) in [5.41, 5.74) is 1.16. The minimum atomic E-state index is -3.97. The molecule has 0 atom stereocenters. The van der Waals surface area contributed by atoms with Crippen LogP contribution in [0.1, 0.15) is 12.3 Å². The predicted octanol–water partition coefficient (Wildman–Crippen LogP) is 5.51. The Balaban J connectivity index is 1.41. The van der Waals surface area contributed by atoms with Crippen molar-refractivity contribution < 1.29 is 22.0 Å². The average molecular weight is 500 g/mol. The molecule has 1 amide bonds. The molecule has 174 valence electrons. The zero-order valence-corrected chi connectivity index (χ0v) is 19.2. The number of anilines is 2. The first-order valence-corrected chi connectivity index (χ1v) is 12.0. The SMILES string of the molecule is O=C(CCc1ncc(-c2ccccc2Cl)o1)Nc1ccccc1NS(=O)(=O)c1ccc(F)cc1. The molecule has 0 spiro atoms. The van der Waals surface area contributed by atoms with Gasteiger partial charge in [0.2, 0.25) is 5.91 Å². The van der Waals surface area contributed by atoms with E-state index in [9.17, 15) is 17.6 Å². The van der Waals surface area contributed by atoms with Crippen LogP contribution in [-0.4, -0.2) is 19.3 Å². The second-order valence-corrected chi connectivity index (χ2v) is 9.34. The quantitative estimate of drug-likeness (QED) is 0.333. The summed E-state index contributed by atoms with van der Waals surface area (Å²) in [6.07, 6.45) is 1.84. The van der Waals surface area contributed by atoms with E-state index < -0.39 is 15.8 Å². The predicted molar refractivity (Wildman–Crippen MR) is 128 cm³/mol. The zero-order valence-electron chi connectivity index (χ0n) is 17.7. The monoisotopic (exact) mass is 499 g/mol. The van der Waals surface area contributed by atoms with Crippen LogP contribution in [0.2, 0.25) is 5.02 Å². The summed E-state index contributed by atoms with van der Waals surface area (Å²) >= 11 is 6.18. The Morgan fingerprint density at radius 2 is 1.65 bits per heavy atom. The normalized spacial score (nSPS) is 11.2. The maximum atomic E-state index is 13.1. The molecule has 10 heteroatoms. The van der Waals surface area contributed by atoms with E-state index >= 15 is 0 Å². The van der Waals surface area contributed by atoms with Crippen LogP contribution in [0.15, 0.2) is 88.3 Å². The molecular weight excluding hydrogens is 481 g/mol. The van der Waals surface area contributed by atoms with Crippen molar-refractivity contribution in [2.75, 3.05) is 10.0 Å². The Morgan fingerprint density at radius 1 is 0.971 bits per heavy atom. The number of amides is 1. The van der Waals surface area contributed by atoms with Gasteiger partial charge in [-0.15, -0.1) is 0 Å². The van der Waals surface area contributed by atoms with Crippen molar-refractivity contribution in [1.29, 1.82) is 0 Å². The molecule has 0 fully saturated rings. The van der Waals surface area contributed by atoms with Crippen molar-refractivity contribution in [2.45, 2.75) is 17.7 Å². The summed E-state index contributed by atoms with van der Waals surface area (Å²) in [5, 5.41) is 3.23. The number of aryl methyl sites for hydroxylation is 1. The molecule has 0 unspecified atom stereocenters. The highest BCUT2D eigenvalue weighted by molar-refractivity contribution is 7.92. The molecule has 7 nitrogen and oxygen atoms in total. The second-order valence-electron chi connectivity index (χ2n) is 7.25. The van der Waals surface area contributed by atoms with E-state index in [1.165, 1.54) is 6.07 Å². The lowest BCUT2D eigenvalue weighted by Gasteiger charge is -2.13. The number of benzene rings is 3. The number of para-hydroxylation sites is 2.